The van der Waals surface area contributed by atoms with Gasteiger partial charge in [0.2, 0.25) is 0 Å². The van der Waals surface area contributed by atoms with E-state index in [9.17, 15) is 4.79 Å². The Morgan fingerprint density at radius 1 is 1.04 bits per heavy atom. The summed E-state index contributed by atoms with van der Waals surface area (Å²) in [6, 6.07) is 10.4. The van der Waals surface area contributed by atoms with E-state index in [0.29, 0.717) is 17.5 Å². The smallest absolute Gasteiger partial charge is 0.274 e. The highest BCUT2D eigenvalue weighted by atomic mass is 32.1. The van der Waals surface area contributed by atoms with E-state index in [-0.39, 0.29) is 11.9 Å². The summed E-state index contributed by atoms with van der Waals surface area (Å²) in [4.78, 5) is 30.3. The summed E-state index contributed by atoms with van der Waals surface area (Å²) in [7, 11) is 0. The summed E-state index contributed by atoms with van der Waals surface area (Å²) in [6.07, 6.45) is 6.58. The van der Waals surface area contributed by atoms with Crippen molar-refractivity contribution in [2.24, 2.45) is 11.8 Å². The topological polar surface area (TPSA) is 62.2 Å². The Morgan fingerprint density at radius 3 is 2.67 bits per heavy atom. The average Bonchev–Trinajstić information content (AvgIpc) is 3.44. The van der Waals surface area contributed by atoms with Crippen LogP contribution in [0.4, 0.5) is 5.13 Å². The lowest BCUT2D eigenvalue weighted by Gasteiger charge is -2.29. The molecule has 2 saturated heterocycles. The van der Waals surface area contributed by atoms with Gasteiger partial charge in [-0.3, -0.25) is 9.78 Å². The van der Waals surface area contributed by atoms with Crippen LogP contribution in [0, 0.1) is 11.8 Å². The predicted molar refractivity (Wildman–Crippen MR) is 104 cm³/mol. The second-order valence-corrected chi connectivity index (χ2v) is 7.92. The van der Waals surface area contributed by atoms with E-state index < -0.39 is 0 Å². The lowest BCUT2D eigenvalue weighted by Crippen LogP contribution is -2.36. The molecule has 0 spiro atoms. The van der Waals surface area contributed by atoms with Gasteiger partial charge in [-0.2, -0.15) is 0 Å². The van der Waals surface area contributed by atoms with Crippen LogP contribution < -0.4 is 4.90 Å². The Kier molecular flexibility index (Phi) is 4.09. The molecule has 3 aromatic rings. The first kappa shape index (κ1) is 16.4. The molecule has 0 saturated carbocycles. The van der Waals surface area contributed by atoms with Crippen molar-refractivity contribution in [3.8, 4) is 0 Å². The third-order valence-electron chi connectivity index (χ3n) is 5.54. The van der Waals surface area contributed by atoms with Crippen molar-refractivity contribution in [3.05, 3.63) is 71.8 Å². The molecule has 0 N–H and O–H groups in total. The Morgan fingerprint density at radius 2 is 1.93 bits per heavy atom. The van der Waals surface area contributed by atoms with Crippen LogP contribution in [-0.2, 0) is 0 Å². The quantitative estimate of drug-likeness (QED) is 0.702. The molecular formula is C20H19N5OS. The monoisotopic (exact) mass is 377 g/mol. The Labute approximate surface area is 161 Å². The number of amides is 1. The summed E-state index contributed by atoms with van der Waals surface area (Å²) >= 11 is 1.68. The third-order valence-corrected chi connectivity index (χ3v) is 6.37. The normalized spacial score (nSPS) is 24.2. The number of anilines is 1. The summed E-state index contributed by atoms with van der Waals surface area (Å²) in [5.74, 6) is 0.781. The van der Waals surface area contributed by atoms with Gasteiger partial charge in [-0.1, -0.05) is 30.3 Å². The molecular weight excluding hydrogens is 358 g/mol. The first-order valence-corrected chi connectivity index (χ1v) is 9.95. The first-order valence-electron chi connectivity index (χ1n) is 9.07. The summed E-state index contributed by atoms with van der Waals surface area (Å²) < 4.78 is 0. The van der Waals surface area contributed by atoms with Gasteiger partial charge in [0.1, 0.15) is 5.69 Å². The number of carbonyl (C=O) groups is 1. The molecule has 0 bridgehead atoms. The lowest BCUT2D eigenvalue weighted by atomic mass is 9.89. The minimum absolute atomic E-state index is 0.0350. The highest BCUT2D eigenvalue weighted by Gasteiger charge is 2.49. The second kappa shape index (κ2) is 6.74. The SMILES string of the molecule is O=C(c1cnccn1)N1C[C@@H]2CN(c3nccs3)C[C@@H]2[C@H]1c1ccccc1. The maximum atomic E-state index is 13.2. The predicted octanol–water partition coefficient (Wildman–Crippen LogP) is 2.88. The van der Waals surface area contributed by atoms with Gasteiger partial charge in [-0.15, -0.1) is 11.3 Å². The number of benzene rings is 1. The number of nitrogens with zero attached hydrogens (tertiary/aromatic N) is 5. The van der Waals surface area contributed by atoms with Crippen molar-refractivity contribution in [1.29, 1.82) is 0 Å². The molecule has 5 rings (SSSR count). The zero-order valence-corrected chi connectivity index (χ0v) is 15.5. The van der Waals surface area contributed by atoms with E-state index in [1.54, 1.807) is 29.9 Å². The summed E-state index contributed by atoms with van der Waals surface area (Å²) in [5, 5.41) is 3.09. The molecule has 4 heterocycles. The Bertz CT molecular complexity index is 918. The molecule has 2 aliphatic heterocycles. The van der Waals surface area contributed by atoms with Gasteiger partial charge in [0.05, 0.1) is 12.2 Å². The van der Waals surface area contributed by atoms with Gasteiger partial charge in [-0.25, -0.2) is 9.97 Å². The number of rotatable bonds is 3. The van der Waals surface area contributed by atoms with Crippen molar-refractivity contribution < 1.29 is 4.79 Å². The molecule has 27 heavy (non-hydrogen) atoms. The molecule has 2 aliphatic rings. The van der Waals surface area contributed by atoms with Gasteiger partial charge in [0.15, 0.2) is 5.13 Å². The van der Waals surface area contributed by atoms with Crippen LogP contribution >= 0.6 is 11.3 Å². The minimum Gasteiger partial charge on any atom is -0.347 e. The van der Waals surface area contributed by atoms with Crippen LogP contribution in [0.3, 0.4) is 0 Å². The van der Waals surface area contributed by atoms with E-state index in [1.165, 1.54) is 5.56 Å². The highest BCUT2D eigenvalue weighted by molar-refractivity contribution is 7.13. The van der Waals surface area contributed by atoms with E-state index >= 15 is 0 Å². The largest absolute Gasteiger partial charge is 0.347 e. The van der Waals surface area contributed by atoms with Crippen molar-refractivity contribution in [3.63, 3.8) is 0 Å². The Hall–Kier alpha value is -2.80. The molecule has 2 fully saturated rings. The molecule has 0 aliphatic carbocycles. The fourth-order valence-corrected chi connectivity index (χ4v) is 5.08. The van der Waals surface area contributed by atoms with E-state index in [0.717, 1.165) is 24.8 Å². The standard InChI is InChI=1S/C20H19N5OS/c26-19(17-10-21-6-7-22-17)25-12-15-11-24(20-23-8-9-27-20)13-16(15)18(25)14-4-2-1-3-5-14/h1-10,15-16,18H,11-13H2/t15-,16-,18+/m0/s1. The maximum absolute atomic E-state index is 13.2. The number of hydrogen-bond donors (Lipinski definition) is 0. The minimum atomic E-state index is -0.0350. The first-order chi connectivity index (χ1) is 13.3. The van der Waals surface area contributed by atoms with Gasteiger partial charge in [0.25, 0.3) is 5.91 Å². The third kappa shape index (κ3) is 2.88. The van der Waals surface area contributed by atoms with Crippen molar-refractivity contribution in [2.45, 2.75) is 6.04 Å². The fourth-order valence-electron chi connectivity index (χ4n) is 4.42. The van der Waals surface area contributed by atoms with Crippen LogP contribution in [0.2, 0.25) is 0 Å². The number of likely N-dealkylation sites (tertiary alicyclic amines) is 1. The van der Waals surface area contributed by atoms with Crippen LogP contribution in [-0.4, -0.2) is 45.4 Å². The van der Waals surface area contributed by atoms with Crippen LogP contribution in [0.15, 0.2) is 60.5 Å². The van der Waals surface area contributed by atoms with Gasteiger partial charge in [-0.05, 0) is 5.56 Å². The van der Waals surface area contributed by atoms with Gasteiger partial charge < -0.3 is 9.80 Å². The molecule has 3 atom stereocenters. The molecule has 1 amide bonds. The average molecular weight is 377 g/mol. The molecule has 6 nitrogen and oxygen atoms in total. The molecule has 0 unspecified atom stereocenters. The maximum Gasteiger partial charge on any atom is 0.274 e. The van der Waals surface area contributed by atoms with Crippen molar-refractivity contribution in [1.82, 2.24) is 19.9 Å². The number of aromatic nitrogens is 3. The lowest BCUT2D eigenvalue weighted by molar-refractivity contribution is 0.0709. The van der Waals surface area contributed by atoms with E-state index in [4.69, 9.17) is 0 Å². The van der Waals surface area contributed by atoms with Crippen LogP contribution in [0.5, 0.6) is 0 Å². The van der Waals surface area contributed by atoms with Crippen molar-refractivity contribution >= 4 is 22.4 Å². The molecule has 2 aromatic heterocycles. The number of carbonyl (C=O) groups excluding carboxylic acids is 1. The van der Waals surface area contributed by atoms with Gasteiger partial charge in [0, 0.05) is 55.4 Å². The zero-order chi connectivity index (χ0) is 18.2. The van der Waals surface area contributed by atoms with Crippen molar-refractivity contribution in [2.75, 3.05) is 24.5 Å². The van der Waals surface area contributed by atoms with E-state index in [2.05, 4.69) is 32.0 Å². The van der Waals surface area contributed by atoms with Gasteiger partial charge >= 0.3 is 0 Å². The molecule has 0 radical (unpaired) electrons. The fraction of sp³-hybridized carbons (Fsp3) is 0.300. The molecule has 7 heteroatoms. The molecule has 136 valence electrons. The highest BCUT2D eigenvalue weighted by Crippen LogP contribution is 2.46. The summed E-state index contributed by atoms with van der Waals surface area (Å²) in [5.41, 5.74) is 1.60. The number of thiazole rings is 1. The zero-order valence-electron chi connectivity index (χ0n) is 14.7. The summed E-state index contributed by atoms with van der Waals surface area (Å²) in [6.45, 7) is 2.59. The van der Waals surface area contributed by atoms with E-state index in [1.807, 2.05) is 34.7 Å². The second-order valence-electron chi connectivity index (χ2n) is 7.05. The number of hydrogen-bond acceptors (Lipinski definition) is 6. The Balaban J connectivity index is 1.48. The van der Waals surface area contributed by atoms with Crippen LogP contribution in [0.1, 0.15) is 22.1 Å². The number of fused-ring (bicyclic) bond motifs is 1. The van der Waals surface area contributed by atoms with Crippen LogP contribution in [0.25, 0.3) is 0 Å². The molecule has 1 aromatic carbocycles.